The van der Waals surface area contributed by atoms with E-state index in [1.54, 1.807) is 0 Å². The Balaban J connectivity index is 2.51. The second kappa shape index (κ2) is 3.69. The molecule has 1 aliphatic heterocycles. The molecule has 0 atom stereocenters. The van der Waals surface area contributed by atoms with Crippen molar-refractivity contribution in [1.29, 1.82) is 0 Å². The second-order valence-electron chi connectivity index (χ2n) is 6.23. The van der Waals surface area contributed by atoms with Gasteiger partial charge in [0.15, 0.2) is 0 Å². The number of nitrogens with one attached hydrogen (secondary N) is 1. The van der Waals surface area contributed by atoms with E-state index in [-0.39, 0.29) is 11.0 Å². The first-order valence-corrected chi connectivity index (χ1v) is 6.83. The first kappa shape index (κ1) is 11.8. The van der Waals surface area contributed by atoms with Crippen LogP contribution in [-0.4, -0.2) is 11.3 Å². The summed E-state index contributed by atoms with van der Waals surface area (Å²) in [5.74, 6) is 1.13. The Labute approximate surface area is 103 Å². The maximum atomic E-state index is 3.69. The highest BCUT2D eigenvalue weighted by molar-refractivity contribution is 7.99. The van der Waals surface area contributed by atoms with Crippen LogP contribution in [0.15, 0.2) is 23.1 Å². The first-order chi connectivity index (χ1) is 7.30. The van der Waals surface area contributed by atoms with Crippen molar-refractivity contribution >= 4 is 17.4 Å². The van der Waals surface area contributed by atoms with E-state index in [2.05, 4.69) is 58.1 Å². The molecule has 2 rings (SSSR count). The van der Waals surface area contributed by atoms with Crippen LogP contribution < -0.4 is 5.32 Å². The molecule has 1 aromatic rings. The molecule has 0 aliphatic carbocycles. The molecule has 1 heterocycles. The standard InChI is InChI=1S/C14H21NS/c1-13(2,3)10-7-6-8-11-12(10)15-14(4,5)9-16-11/h6-8,15H,9H2,1-5H3. The monoisotopic (exact) mass is 235 g/mol. The third kappa shape index (κ3) is 2.22. The van der Waals surface area contributed by atoms with Crippen LogP contribution in [0.2, 0.25) is 0 Å². The minimum absolute atomic E-state index is 0.193. The van der Waals surface area contributed by atoms with Crippen LogP contribution in [0.4, 0.5) is 5.69 Å². The molecule has 0 unspecified atom stereocenters. The third-order valence-electron chi connectivity index (χ3n) is 2.89. The molecule has 1 nitrogen and oxygen atoms in total. The number of hydrogen-bond donors (Lipinski definition) is 1. The van der Waals surface area contributed by atoms with Crippen molar-refractivity contribution < 1.29 is 0 Å². The van der Waals surface area contributed by atoms with Gasteiger partial charge in [-0.3, -0.25) is 0 Å². The summed E-state index contributed by atoms with van der Waals surface area (Å²) in [5, 5.41) is 3.69. The zero-order valence-corrected chi connectivity index (χ0v) is 11.7. The van der Waals surface area contributed by atoms with Crippen molar-refractivity contribution in [2.45, 2.75) is 50.5 Å². The summed E-state index contributed by atoms with van der Waals surface area (Å²) in [6.07, 6.45) is 0. The lowest BCUT2D eigenvalue weighted by molar-refractivity contribution is 0.579. The van der Waals surface area contributed by atoms with Gasteiger partial charge in [0.2, 0.25) is 0 Å². The van der Waals surface area contributed by atoms with Crippen LogP contribution in [0, 0.1) is 0 Å². The maximum Gasteiger partial charge on any atom is 0.0520 e. The van der Waals surface area contributed by atoms with Gasteiger partial charge in [0.05, 0.1) is 5.69 Å². The Kier molecular flexibility index (Phi) is 2.73. The number of hydrogen-bond acceptors (Lipinski definition) is 2. The lowest BCUT2D eigenvalue weighted by Crippen LogP contribution is -2.37. The van der Waals surface area contributed by atoms with Gasteiger partial charge in [0.25, 0.3) is 0 Å². The molecular formula is C14H21NS. The molecule has 16 heavy (non-hydrogen) atoms. The van der Waals surface area contributed by atoms with Gasteiger partial charge in [-0.1, -0.05) is 32.9 Å². The Morgan fingerprint density at radius 2 is 1.94 bits per heavy atom. The molecule has 0 bridgehead atoms. The van der Waals surface area contributed by atoms with E-state index in [0.29, 0.717) is 0 Å². The SMILES string of the molecule is CC1(C)CSc2cccc(C(C)(C)C)c2N1. The van der Waals surface area contributed by atoms with Gasteiger partial charge in [-0.2, -0.15) is 0 Å². The Bertz CT molecular complexity index is 402. The molecule has 0 saturated heterocycles. The van der Waals surface area contributed by atoms with Crippen molar-refractivity contribution in [3.8, 4) is 0 Å². The predicted molar refractivity (Wildman–Crippen MR) is 73.6 cm³/mol. The van der Waals surface area contributed by atoms with Gasteiger partial charge in [-0.25, -0.2) is 0 Å². The van der Waals surface area contributed by atoms with Gasteiger partial charge in [0.1, 0.15) is 0 Å². The average Bonchev–Trinajstić information content (AvgIpc) is 2.13. The summed E-state index contributed by atoms with van der Waals surface area (Å²) < 4.78 is 0. The molecule has 2 heteroatoms. The van der Waals surface area contributed by atoms with Crippen molar-refractivity contribution in [3.63, 3.8) is 0 Å². The summed E-state index contributed by atoms with van der Waals surface area (Å²) in [6.45, 7) is 11.4. The molecule has 0 fully saturated rings. The van der Waals surface area contributed by atoms with Crippen molar-refractivity contribution in [3.05, 3.63) is 23.8 Å². The minimum atomic E-state index is 0.193. The first-order valence-electron chi connectivity index (χ1n) is 5.84. The molecule has 0 amide bonds. The van der Waals surface area contributed by atoms with Gasteiger partial charge in [0, 0.05) is 16.2 Å². The normalized spacial score (nSPS) is 18.8. The number of para-hydroxylation sites is 1. The Morgan fingerprint density at radius 3 is 2.56 bits per heavy atom. The molecule has 88 valence electrons. The summed E-state index contributed by atoms with van der Waals surface area (Å²) in [4.78, 5) is 1.40. The number of fused-ring (bicyclic) bond motifs is 1. The van der Waals surface area contributed by atoms with E-state index in [1.165, 1.54) is 16.1 Å². The quantitative estimate of drug-likeness (QED) is 0.720. The third-order valence-corrected chi connectivity index (χ3v) is 4.40. The molecule has 1 aromatic carbocycles. The van der Waals surface area contributed by atoms with Gasteiger partial charge in [-0.15, -0.1) is 11.8 Å². The van der Waals surface area contributed by atoms with Crippen LogP contribution in [-0.2, 0) is 5.41 Å². The maximum absolute atomic E-state index is 3.69. The smallest absolute Gasteiger partial charge is 0.0520 e. The van der Waals surface area contributed by atoms with E-state index < -0.39 is 0 Å². The van der Waals surface area contributed by atoms with Gasteiger partial charge >= 0.3 is 0 Å². The van der Waals surface area contributed by atoms with E-state index in [4.69, 9.17) is 0 Å². The fourth-order valence-corrected chi connectivity index (χ4v) is 3.11. The summed E-state index contributed by atoms with van der Waals surface area (Å²) in [6, 6.07) is 6.64. The highest BCUT2D eigenvalue weighted by Crippen LogP contribution is 2.42. The lowest BCUT2D eigenvalue weighted by atomic mass is 9.85. The average molecular weight is 235 g/mol. The highest BCUT2D eigenvalue weighted by Gasteiger charge is 2.29. The number of thioether (sulfide) groups is 1. The van der Waals surface area contributed by atoms with Crippen molar-refractivity contribution in [2.24, 2.45) is 0 Å². The molecule has 0 spiro atoms. The Hall–Kier alpha value is -0.630. The van der Waals surface area contributed by atoms with Gasteiger partial charge < -0.3 is 5.32 Å². The molecule has 0 radical (unpaired) electrons. The summed E-state index contributed by atoms with van der Waals surface area (Å²) in [5.41, 5.74) is 3.16. The molecule has 0 aromatic heterocycles. The minimum Gasteiger partial charge on any atom is -0.378 e. The van der Waals surface area contributed by atoms with Gasteiger partial charge in [-0.05, 0) is 30.9 Å². The largest absolute Gasteiger partial charge is 0.378 e. The lowest BCUT2D eigenvalue weighted by Gasteiger charge is -2.36. The summed E-state index contributed by atoms with van der Waals surface area (Å²) >= 11 is 1.96. The Morgan fingerprint density at radius 1 is 1.25 bits per heavy atom. The van der Waals surface area contributed by atoms with Crippen LogP contribution in [0.5, 0.6) is 0 Å². The zero-order valence-electron chi connectivity index (χ0n) is 10.8. The summed E-state index contributed by atoms with van der Waals surface area (Å²) in [7, 11) is 0. The van der Waals surface area contributed by atoms with Crippen LogP contribution >= 0.6 is 11.8 Å². The fourth-order valence-electron chi connectivity index (χ4n) is 2.04. The van der Waals surface area contributed by atoms with E-state index >= 15 is 0 Å². The van der Waals surface area contributed by atoms with Crippen LogP contribution in [0.3, 0.4) is 0 Å². The molecule has 1 aliphatic rings. The van der Waals surface area contributed by atoms with E-state index in [1.807, 2.05) is 11.8 Å². The number of rotatable bonds is 0. The van der Waals surface area contributed by atoms with Crippen LogP contribution in [0.1, 0.15) is 40.2 Å². The van der Waals surface area contributed by atoms with E-state index in [0.717, 1.165) is 5.75 Å². The molecule has 1 N–H and O–H groups in total. The number of anilines is 1. The topological polar surface area (TPSA) is 12.0 Å². The molecule has 0 saturated carbocycles. The van der Waals surface area contributed by atoms with E-state index in [9.17, 15) is 0 Å². The van der Waals surface area contributed by atoms with Crippen LogP contribution in [0.25, 0.3) is 0 Å². The van der Waals surface area contributed by atoms with Crippen molar-refractivity contribution in [1.82, 2.24) is 0 Å². The highest BCUT2D eigenvalue weighted by atomic mass is 32.2. The number of benzene rings is 1. The van der Waals surface area contributed by atoms with Crippen molar-refractivity contribution in [2.75, 3.05) is 11.1 Å². The fraction of sp³-hybridized carbons (Fsp3) is 0.571. The second-order valence-corrected chi connectivity index (χ2v) is 7.24. The molecular weight excluding hydrogens is 214 g/mol. The predicted octanol–water partition coefficient (Wildman–Crippen LogP) is 4.28. The zero-order chi connectivity index (χ0) is 12.0.